The summed E-state index contributed by atoms with van der Waals surface area (Å²) >= 11 is 9.41. The number of furan rings is 1. The normalized spacial score (nSPS) is 14.2. The van der Waals surface area contributed by atoms with Crippen molar-refractivity contribution in [3.8, 4) is 5.75 Å². The van der Waals surface area contributed by atoms with Gasteiger partial charge < -0.3 is 9.15 Å². The third kappa shape index (κ3) is 4.49. The molecule has 0 atom stereocenters. The summed E-state index contributed by atoms with van der Waals surface area (Å²) in [6.07, 6.45) is 2.14. The van der Waals surface area contributed by atoms with Gasteiger partial charge in [0.15, 0.2) is 0 Å². The number of ether oxygens (including phenoxy) is 1. The van der Waals surface area contributed by atoms with Crippen LogP contribution in [0.5, 0.6) is 5.75 Å². The largest absolute Gasteiger partial charge is 0.453 e. The molecule has 32 heavy (non-hydrogen) atoms. The molecular formula is C24H20BrClN2O4. The van der Waals surface area contributed by atoms with E-state index in [1.807, 2.05) is 13.0 Å². The van der Waals surface area contributed by atoms with E-state index in [0.29, 0.717) is 50.7 Å². The molecule has 164 valence electrons. The van der Waals surface area contributed by atoms with Gasteiger partial charge in [-0.1, -0.05) is 23.7 Å². The van der Waals surface area contributed by atoms with Gasteiger partial charge in [-0.25, -0.2) is 10.2 Å². The number of hydrazone groups is 1. The molecule has 1 N–H and O–H groups in total. The van der Waals surface area contributed by atoms with E-state index < -0.39 is 5.97 Å². The number of esters is 1. The Labute approximate surface area is 198 Å². The maximum Gasteiger partial charge on any atom is 0.379 e. The highest BCUT2D eigenvalue weighted by molar-refractivity contribution is 9.10. The van der Waals surface area contributed by atoms with E-state index in [-0.39, 0.29) is 11.7 Å². The molecule has 4 rings (SSSR count). The second-order valence-corrected chi connectivity index (χ2v) is 8.75. The Morgan fingerprint density at radius 3 is 2.69 bits per heavy atom. The van der Waals surface area contributed by atoms with E-state index in [0.717, 1.165) is 17.5 Å². The zero-order valence-electron chi connectivity index (χ0n) is 17.5. The Morgan fingerprint density at radius 1 is 1.16 bits per heavy atom. The topological polar surface area (TPSA) is 80.9 Å². The Hall–Kier alpha value is -2.90. The van der Waals surface area contributed by atoms with Crippen molar-refractivity contribution in [1.82, 2.24) is 5.43 Å². The highest BCUT2D eigenvalue weighted by Crippen LogP contribution is 2.31. The minimum absolute atomic E-state index is 0.134. The molecule has 0 fully saturated rings. The SMILES string of the molecule is Cc1cc(OC(=O)c2oc3c(c2C)/C(=N/NC(=O)c2ccccc2Br)CCC3)ccc1Cl. The number of carbonyl (C=O) groups excluding carboxylic acids is 2. The van der Waals surface area contributed by atoms with Gasteiger partial charge in [-0.2, -0.15) is 5.10 Å². The summed E-state index contributed by atoms with van der Waals surface area (Å²) in [5.74, 6) is 0.280. The van der Waals surface area contributed by atoms with E-state index in [4.69, 9.17) is 20.8 Å². The number of nitrogens with zero attached hydrogens (tertiary/aromatic N) is 1. The lowest BCUT2D eigenvalue weighted by Gasteiger charge is -2.13. The third-order valence-corrected chi connectivity index (χ3v) is 6.38. The fourth-order valence-corrected chi connectivity index (χ4v) is 4.22. The number of halogens is 2. The highest BCUT2D eigenvalue weighted by atomic mass is 79.9. The number of benzene rings is 2. The average Bonchev–Trinajstić information content (AvgIpc) is 3.12. The van der Waals surface area contributed by atoms with Gasteiger partial charge in [-0.05, 0) is 78.5 Å². The molecule has 2 aromatic carbocycles. The van der Waals surface area contributed by atoms with E-state index in [2.05, 4.69) is 26.5 Å². The third-order valence-electron chi connectivity index (χ3n) is 5.26. The van der Waals surface area contributed by atoms with E-state index in [1.54, 1.807) is 43.3 Å². The van der Waals surface area contributed by atoms with Gasteiger partial charge in [0.25, 0.3) is 5.91 Å². The molecule has 8 heteroatoms. The van der Waals surface area contributed by atoms with Gasteiger partial charge in [0.2, 0.25) is 5.76 Å². The lowest BCUT2D eigenvalue weighted by atomic mass is 9.93. The van der Waals surface area contributed by atoms with Crippen molar-refractivity contribution in [3.63, 3.8) is 0 Å². The smallest absolute Gasteiger partial charge is 0.379 e. The molecule has 1 heterocycles. The number of carbonyl (C=O) groups is 2. The van der Waals surface area contributed by atoms with Crippen molar-refractivity contribution < 1.29 is 18.7 Å². The molecule has 1 amide bonds. The molecular weight excluding hydrogens is 496 g/mol. The van der Waals surface area contributed by atoms with E-state index >= 15 is 0 Å². The van der Waals surface area contributed by atoms with E-state index in [1.165, 1.54) is 0 Å². The number of fused-ring (bicyclic) bond motifs is 1. The summed E-state index contributed by atoms with van der Waals surface area (Å²) in [6, 6.07) is 12.1. The maximum absolute atomic E-state index is 12.8. The molecule has 3 aromatic rings. The van der Waals surface area contributed by atoms with Crippen molar-refractivity contribution in [2.24, 2.45) is 5.10 Å². The van der Waals surface area contributed by atoms with Crippen LogP contribution < -0.4 is 10.2 Å². The van der Waals surface area contributed by atoms with Crippen molar-refractivity contribution in [3.05, 3.63) is 85.7 Å². The average molecular weight is 516 g/mol. The number of nitrogens with one attached hydrogen (secondary N) is 1. The predicted octanol–water partition coefficient (Wildman–Crippen LogP) is 6.00. The summed E-state index contributed by atoms with van der Waals surface area (Å²) in [4.78, 5) is 25.3. The molecule has 0 bridgehead atoms. The first-order valence-corrected chi connectivity index (χ1v) is 11.2. The molecule has 1 aromatic heterocycles. The van der Waals surface area contributed by atoms with Crippen molar-refractivity contribution in [2.75, 3.05) is 0 Å². The molecule has 0 spiro atoms. The maximum atomic E-state index is 12.8. The van der Waals surface area contributed by atoms with Crippen LogP contribution in [0.4, 0.5) is 0 Å². The van der Waals surface area contributed by atoms with Crippen LogP contribution in [0.3, 0.4) is 0 Å². The standard InChI is InChI=1S/C24H20BrClN2O4/c1-13-12-15(10-11-18(13)26)31-24(30)22-14(2)21-19(8-5-9-20(21)32-22)27-28-23(29)16-6-3-4-7-17(16)25/h3-4,6-7,10-12H,5,8-9H2,1-2H3,(H,28,29)/b27-19+. The molecule has 0 radical (unpaired) electrons. The van der Waals surface area contributed by atoms with E-state index in [9.17, 15) is 9.59 Å². The minimum Gasteiger partial charge on any atom is -0.453 e. The molecule has 1 aliphatic carbocycles. The number of hydrogen-bond acceptors (Lipinski definition) is 5. The predicted molar refractivity (Wildman–Crippen MR) is 126 cm³/mol. The van der Waals surface area contributed by atoms with Crippen LogP contribution in [-0.2, 0) is 6.42 Å². The lowest BCUT2D eigenvalue weighted by molar-refractivity contribution is 0.0698. The fraction of sp³-hybridized carbons (Fsp3) is 0.208. The van der Waals surface area contributed by atoms with Crippen molar-refractivity contribution >= 4 is 45.1 Å². The van der Waals surface area contributed by atoms with Gasteiger partial charge in [-0.3, -0.25) is 4.79 Å². The fourth-order valence-electron chi connectivity index (χ4n) is 3.63. The first kappa shape index (κ1) is 22.3. The molecule has 0 unspecified atom stereocenters. The molecule has 6 nitrogen and oxygen atoms in total. The number of aryl methyl sites for hydroxylation is 2. The minimum atomic E-state index is -0.588. The highest BCUT2D eigenvalue weighted by Gasteiger charge is 2.29. The Morgan fingerprint density at radius 2 is 1.94 bits per heavy atom. The van der Waals surface area contributed by atoms with Gasteiger partial charge >= 0.3 is 5.97 Å². The Bertz CT molecular complexity index is 1250. The molecule has 0 saturated heterocycles. The second kappa shape index (κ2) is 9.30. The molecule has 0 aliphatic heterocycles. The Kier molecular flexibility index (Phi) is 6.48. The molecule has 0 saturated carbocycles. The van der Waals surface area contributed by atoms with Crippen LogP contribution in [0, 0.1) is 13.8 Å². The van der Waals surface area contributed by atoms with Gasteiger partial charge in [-0.15, -0.1) is 0 Å². The summed E-state index contributed by atoms with van der Waals surface area (Å²) in [6.45, 7) is 3.63. The summed E-state index contributed by atoms with van der Waals surface area (Å²) < 4.78 is 12.0. The zero-order chi connectivity index (χ0) is 22.8. The van der Waals surface area contributed by atoms with Crippen LogP contribution in [0.25, 0.3) is 0 Å². The van der Waals surface area contributed by atoms with Crippen LogP contribution in [-0.4, -0.2) is 17.6 Å². The lowest BCUT2D eigenvalue weighted by Crippen LogP contribution is -2.22. The number of amides is 1. The van der Waals surface area contributed by atoms with Crippen LogP contribution in [0.15, 0.2) is 56.5 Å². The monoisotopic (exact) mass is 514 g/mol. The zero-order valence-corrected chi connectivity index (χ0v) is 19.8. The first-order valence-electron chi connectivity index (χ1n) is 10.1. The first-order chi connectivity index (χ1) is 15.3. The second-order valence-electron chi connectivity index (χ2n) is 7.49. The van der Waals surface area contributed by atoms with Crippen LogP contribution >= 0.6 is 27.5 Å². The number of rotatable bonds is 4. The van der Waals surface area contributed by atoms with Gasteiger partial charge in [0.1, 0.15) is 11.5 Å². The quantitative estimate of drug-likeness (QED) is 0.262. The summed E-state index contributed by atoms with van der Waals surface area (Å²) in [7, 11) is 0. The molecule has 1 aliphatic rings. The summed E-state index contributed by atoms with van der Waals surface area (Å²) in [5, 5.41) is 4.95. The van der Waals surface area contributed by atoms with Crippen LogP contribution in [0.1, 0.15) is 56.2 Å². The summed E-state index contributed by atoms with van der Waals surface area (Å²) in [5.41, 5.74) is 5.98. The number of hydrogen-bond donors (Lipinski definition) is 1. The van der Waals surface area contributed by atoms with Crippen molar-refractivity contribution in [1.29, 1.82) is 0 Å². The van der Waals surface area contributed by atoms with Gasteiger partial charge in [0.05, 0.1) is 11.3 Å². The van der Waals surface area contributed by atoms with Crippen LogP contribution in [0.2, 0.25) is 5.02 Å². The Balaban J connectivity index is 1.57. The van der Waals surface area contributed by atoms with Gasteiger partial charge in [0, 0.05) is 27.0 Å². The van der Waals surface area contributed by atoms with Crippen molar-refractivity contribution in [2.45, 2.75) is 33.1 Å².